The Balaban J connectivity index is 3.10. The van der Waals surface area contributed by atoms with Crippen molar-refractivity contribution in [2.75, 3.05) is 6.61 Å². The lowest BCUT2D eigenvalue weighted by molar-refractivity contribution is -0.164. The monoisotopic (exact) mass is 262 g/mol. The Morgan fingerprint density at radius 2 is 1.88 bits per heavy atom. The quantitative estimate of drug-likeness (QED) is 0.853. The number of hydrogen-bond donors (Lipinski definition) is 1. The van der Waals surface area contributed by atoms with Gasteiger partial charge in [-0.1, -0.05) is 23.2 Å². The largest absolute Gasteiger partial charge is 0.464 e. The van der Waals surface area contributed by atoms with Gasteiger partial charge in [0.1, 0.15) is 0 Å². The molecule has 0 saturated carbocycles. The van der Waals surface area contributed by atoms with Crippen molar-refractivity contribution in [3.05, 3.63) is 33.8 Å². The van der Waals surface area contributed by atoms with Gasteiger partial charge in [-0.25, -0.2) is 4.79 Å². The molecule has 0 bridgehead atoms. The number of carbonyl (C=O) groups is 1. The third-order valence-electron chi connectivity index (χ3n) is 2.10. The summed E-state index contributed by atoms with van der Waals surface area (Å²) in [5.41, 5.74) is -1.44. The van der Waals surface area contributed by atoms with Crippen LogP contribution in [-0.4, -0.2) is 17.7 Å². The van der Waals surface area contributed by atoms with Crippen molar-refractivity contribution in [1.82, 2.24) is 0 Å². The van der Waals surface area contributed by atoms with Crippen LogP contribution in [0.25, 0.3) is 0 Å². The van der Waals surface area contributed by atoms with Gasteiger partial charge in [0.2, 0.25) is 0 Å². The second-order valence-electron chi connectivity index (χ2n) is 3.45. The van der Waals surface area contributed by atoms with Crippen LogP contribution in [0.4, 0.5) is 0 Å². The molecule has 1 atom stereocenters. The Kier molecular flexibility index (Phi) is 4.19. The molecule has 0 aliphatic heterocycles. The van der Waals surface area contributed by atoms with Crippen molar-refractivity contribution in [3.8, 4) is 0 Å². The predicted molar refractivity (Wildman–Crippen MR) is 62.7 cm³/mol. The summed E-state index contributed by atoms with van der Waals surface area (Å²) in [5, 5.41) is 10.8. The summed E-state index contributed by atoms with van der Waals surface area (Å²) < 4.78 is 4.77. The number of esters is 1. The van der Waals surface area contributed by atoms with Crippen molar-refractivity contribution in [2.45, 2.75) is 19.4 Å². The zero-order valence-electron chi connectivity index (χ0n) is 8.96. The topological polar surface area (TPSA) is 46.5 Å². The van der Waals surface area contributed by atoms with Gasteiger partial charge < -0.3 is 9.84 Å². The Labute approximate surface area is 104 Å². The number of hydrogen-bond acceptors (Lipinski definition) is 3. The molecule has 16 heavy (non-hydrogen) atoms. The molecular formula is C11H12Cl2O3. The molecule has 0 fully saturated rings. The summed E-state index contributed by atoms with van der Waals surface area (Å²) in [6.45, 7) is 3.20. The van der Waals surface area contributed by atoms with Crippen LogP contribution in [-0.2, 0) is 15.1 Å². The highest BCUT2D eigenvalue weighted by atomic mass is 35.5. The molecule has 0 radical (unpaired) electrons. The average Bonchev–Trinajstić information content (AvgIpc) is 2.16. The van der Waals surface area contributed by atoms with Crippen molar-refractivity contribution in [3.63, 3.8) is 0 Å². The number of ether oxygens (including phenoxy) is 1. The maximum Gasteiger partial charge on any atom is 0.342 e. The van der Waals surface area contributed by atoms with E-state index in [-0.39, 0.29) is 6.61 Å². The summed E-state index contributed by atoms with van der Waals surface area (Å²) >= 11 is 11.6. The van der Waals surface area contributed by atoms with Gasteiger partial charge in [-0.3, -0.25) is 0 Å². The van der Waals surface area contributed by atoms with Gasteiger partial charge in [0.15, 0.2) is 5.60 Å². The molecule has 0 aliphatic rings. The fourth-order valence-electron chi connectivity index (χ4n) is 1.22. The van der Waals surface area contributed by atoms with Crippen LogP contribution < -0.4 is 0 Å². The molecule has 1 aromatic carbocycles. The number of benzene rings is 1. The molecule has 1 unspecified atom stereocenters. The molecule has 88 valence electrons. The molecule has 0 aromatic heterocycles. The van der Waals surface area contributed by atoms with E-state index < -0.39 is 11.6 Å². The van der Waals surface area contributed by atoms with Gasteiger partial charge in [-0.15, -0.1) is 0 Å². The van der Waals surface area contributed by atoms with Crippen LogP contribution in [0.1, 0.15) is 19.4 Å². The lowest BCUT2D eigenvalue weighted by Crippen LogP contribution is -2.34. The van der Waals surface area contributed by atoms with Gasteiger partial charge in [0.25, 0.3) is 0 Å². The first-order chi connectivity index (χ1) is 7.37. The molecule has 3 nitrogen and oxygen atoms in total. The molecule has 0 saturated heterocycles. The lowest BCUT2D eigenvalue weighted by atomic mass is 9.96. The summed E-state index contributed by atoms with van der Waals surface area (Å²) in [6, 6.07) is 4.47. The Morgan fingerprint density at radius 1 is 1.38 bits per heavy atom. The number of halogens is 2. The number of carbonyl (C=O) groups excluding carboxylic acids is 1. The average molecular weight is 263 g/mol. The molecule has 0 aliphatic carbocycles. The SMILES string of the molecule is CCOC(=O)C(C)(O)c1cc(Cl)cc(Cl)c1. The van der Waals surface area contributed by atoms with Gasteiger partial charge in [0.05, 0.1) is 6.61 Å². The Bertz CT molecular complexity index is 382. The molecule has 1 aromatic rings. The van der Waals surface area contributed by atoms with Gasteiger partial charge in [0, 0.05) is 10.0 Å². The number of rotatable bonds is 3. The summed E-state index contributed by atoms with van der Waals surface area (Å²) in [5.74, 6) is -0.728. The first kappa shape index (κ1) is 13.3. The van der Waals surface area contributed by atoms with E-state index in [1.807, 2.05) is 0 Å². The zero-order chi connectivity index (χ0) is 12.3. The highest BCUT2D eigenvalue weighted by molar-refractivity contribution is 6.34. The minimum absolute atomic E-state index is 0.198. The van der Waals surface area contributed by atoms with Crippen LogP contribution in [0, 0.1) is 0 Å². The van der Waals surface area contributed by atoms with Crippen molar-refractivity contribution < 1.29 is 14.6 Å². The fraction of sp³-hybridized carbons (Fsp3) is 0.364. The van der Waals surface area contributed by atoms with Crippen LogP contribution in [0.2, 0.25) is 10.0 Å². The molecule has 0 heterocycles. The lowest BCUT2D eigenvalue weighted by Gasteiger charge is -2.21. The third-order valence-corrected chi connectivity index (χ3v) is 2.53. The van der Waals surface area contributed by atoms with Gasteiger partial charge in [-0.2, -0.15) is 0 Å². The van der Waals surface area contributed by atoms with E-state index in [1.165, 1.54) is 25.1 Å². The Morgan fingerprint density at radius 3 is 2.31 bits per heavy atom. The first-order valence-corrected chi connectivity index (χ1v) is 5.49. The minimum atomic E-state index is -1.75. The fourth-order valence-corrected chi connectivity index (χ4v) is 1.75. The van der Waals surface area contributed by atoms with E-state index in [0.717, 1.165) is 0 Å². The predicted octanol–water partition coefficient (Wildman–Crippen LogP) is 2.76. The smallest absolute Gasteiger partial charge is 0.342 e. The van der Waals surface area contributed by atoms with Crippen LogP contribution in [0.15, 0.2) is 18.2 Å². The first-order valence-electron chi connectivity index (χ1n) is 4.74. The van der Waals surface area contributed by atoms with Crippen LogP contribution in [0.3, 0.4) is 0 Å². The maximum absolute atomic E-state index is 11.5. The molecule has 1 rings (SSSR count). The van der Waals surface area contributed by atoms with E-state index in [2.05, 4.69) is 0 Å². The molecule has 0 amide bonds. The summed E-state index contributed by atoms with van der Waals surface area (Å²) in [6.07, 6.45) is 0. The highest BCUT2D eigenvalue weighted by Crippen LogP contribution is 2.28. The van der Waals surface area contributed by atoms with Gasteiger partial charge >= 0.3 is 5.97 Å². The molecular weight excluding hydrogens is 251 g/mol. The third kappa shape index (κ3) is 2.88. The van der Waals surface area contributed by atoms with Crippen LogP contribution in [0.5, 0.6) is 0 Å². The van der Waals surface area contributed by atoms with Crippen molar-refractivity contribution in [1.29, 1.82) is 0 Å². The zero-order valence-corrected chi connectivity index (χ0v) is 10.5. The maximum atomic E-state index is 11.5. The van der Waals surface area contributed by atoms with Crippen molar-refractivity contribution in [2.24, 2.45) is 0 Å². The Hall–Kier alpha value is -0.770. The highest BCUT2D eigenvalue weighted by Gasteiger charge is 2.34. The van der Waals surface area contributed by atoms with E-state index in [4.69, 9.17) is 27.9 Å². The molecule has 1 N–H and O–H groups in total. The molecule has 5 heteroatoms. The van der Waals surface area contributed by atoms with E-state index >= 15 is 0 Å². The van der Waals surface area contributed by atoms with Gasteiger partial charge in [-0.05, 0) is 37.6 Å². The second-order valence-corrected chi connectivity index (χ2v) is 4.32. The summed E-state index contributed by atoms with van der Waals surface area (Å²) in [4.78, 5) is 11.5. The second kappa shape index (κ2) is 5.04. The standard InChI is InChI=1S/C11H12Cl2O3/c1-3-16-10(14)11(2,15)7-4-8(12)6-9(13)5-7/h4-6,15H,3H2,1-2H3. The van der Waals surface area contributed by atoms with Crippen LogP contribution >= 0.6 is 23.2 Å². The normalized spacial score (nSPS) is 14.3. The number of aliphatic hydroxyl groups is 1. The van der Waals surface area contributed by atoms with Crippen molar-refractivity contribution >= 4 is 29.2 Å². The van der Waals surface area contributed by atoms with E-state index in [1.54, 1.807) is 6.92 Å². The van der Waals surface area contributed by atoms with E-state index in [0.29, 0.717) is 15.6 Å². The molecule has 0 spiro atoms. The minimum Gasteiger partial charge on any atom is -0.464 e. The van der Waals surface area contributed by atoms with E-state index in [9.17, 15) is 9.90 Å². The summed E-state index contributed by atoms with van der Waals surface area (Å²) in [7, 11) is 0.